The SMILES string of the molecule is COCc1ccccc1C=C(F)C(=O)O. The second kappa shape index (κ2) is 5.26. The van der Waals surface area contributed by atoms with Crippen LogP contribution < -0.4 is 0 Å². The molecule has 0 unspecified atom stereocenters. The Bertz CT molecular complexity index is 385. The minimum Gasteiger partial charge on any atom is -0.476 e. The second-order valence-electron chi connectivity index (χ2n) is 2.93. The van der Waals surface area contributed by atoms with Crippen LogP contribution in [0.4, 0.5) is 4.39 Å². The molecule has 0 aromatic heterocycles. The van der Waals surface area contributed by atoms with E-state index >= 15 is 0 Å². The summed E-state index contributed by atoms with van der Waals surface area (Å²) in [5.74, 6) is -2.75. The third-order valence-electron chi connectivity index (χ3n) is 1.84. The Morgan fingerprint density at radius 1 is 1.53 bits per heavy atom. The van der Waals surface area contributed by atoms with Crippen molar-refractivity contribution in [3.05, 3.63) is 41.2 Å². The molecule has 3 nitrogen and oxygen atoms in total. The molecule has 1 aromatic carbocycles. The van der Waals surface area contributed by atoms with Crippen molar-refractivity contribution in [3.8, 4) is 0 Å². The highest BCUT2D eigenvalue weighted by Crippen LogP contribution is 2.14. The van der Waals surface area contributed by atoms with Gasteiger partial charge in [-0.1, -0.05) is 24.3 Å². The average molecular weight is 210 g/mol. The van der Waals surface area contributed by atoms with E-state index in [1.54, 1.807) is 24.3 Å². The summed E-state index contributed by atoms with van der Waals surface area (Å²) in [7, 11) is 1.52. The molecule has 0 bridgehead atoms. The van der Waals surface area contributed by atoms with Crippen LogP contribution in [0, 0.1) is 0 Å². The van der Waals surface area contributed by atoms with Gasteiger partial charge in [0.05, 0.1) is 6.61 Å². The molecule has 0 spiro atoms. The summed E-state index contributed by atoms with van der Waals surface area (Å²) >= 11 is 0. The predicted octanol–water partition coefficient (Wildman–Crippen LogP) is 2.23. The number of benzene rings is 1. The molecule has 1 rings (SSSR count). The van der Waals surface area contributed by atoms with Gasteiger partial charge >= 0.3 is 5.97 Å². The van der Waals surface area contributed by atoms with Crippen molar-refractivity contribution in [2.45, 2.75) is 6.61 Å². The molecule has 4 heteroatoms. The van der Waals surface area contributed by atoms with Gasteiger partial charge in [0.25, 0.3) is 0 Å². The van der Waals surface area contributed by atoms with Crippen molar-refractivity contribution >= 4 is 12.0 Å². The van der Waals surface area contributed by atoms with Gasteiger partial charge in [0, 0.05) is 7.11 Å². The van der Waals surface area contributed by atoms with Crippen molar-refractivity contribution in [1.29, 1.82) is 0 Å². The summed E-state index contributed by atoms with van der Waals surface area (Å²) in [6, 6.07) is 6.88. The standard InChI is InChI=1S/C11H11FO3/c1-15-7-9-5-3-2-4-8(9)6-10(12)11(13)14/h2-6H,7H2,1H3,(H,13,14). The summed E-state index contributed by atoms with van der Waals surface area (Å²) in [6.45, 7) is 0.319. The van der Waals surface area contributed by atoms with Crippen LogP contribution in [-0.4, -0.2) is 18.2 Å². The van der Waals surface area contributed by atoms with Crippen molar-refractivity contribution in [2.24, 2.45) is 0 Å². The quantitative estimate of drug-likeness (QED) is 0.775. The lowest BCUT2D eigenvalue weighted by molar-refractivity contribution is -0.134. The molecular weight excluding hydrogens is 199 g/mol. The fourth-order valence-corrected chi connectivity index (χ4v) is 1.16. The van der Waals surface area contributed by atoms with Gasteiger partial charge in [-0.05, 0) is 17.2 Å². The van der Waals surface area contributed by atoms with Crippen LogP contribution in [0.2, 0.25) is 0 Å². The summed E-state index contributed by atoms with van der Waals surface area (Å²) < 4.78 is 17.8. The Hall–Kier alpha value is -1.68. The zero-order valence-corrected chi connectivity index (χ0v) is 8.24. The smallest absolute Gasteiger partial charge is 0.364 e. The van der Waals surface area contributed by atoms with Crippen LogP contribution >= 0.6 is 0 Å². The number of rotatable bonds is 4. The van der Waals surface area contributed by atoms with Crippen LogP contribution in [0.3, 0.4) is 0 Å². The molecule has 0 aliphatic heterocycles. The van der Waals surface area contributed by atoms with E-state index < -0.39 is 11.8 Å². The molecule has 0 amide bonds. The van der Waals surface area contributed by atoms with Gasteiger partial charge in [-0.25, -0.2) is 4.79 Å². The largest absolute Gasteiger partial charge is 0.476 e. The third kappa shape index (κ3) is 3.18. The Morgan fingerprint density at radius 3 is 2.80 bits per heavy atom. The number of carboxylic acids is 1. The van der Waals surface area contributed by atoms with Crippen molar-refractivity contribution in [1.82, 2.24) is 0 Å². The van der Waals surface area contributed by atoms with Crippen molar-refractivity contribution < 1.29 is 19.0 Å². The Kier molecular flexibility index (Phi) is 4.00. The van der Waals surface area contributed by atoms with Gasteiger partial charge in [0.1, 0.15) is 0 Å². The number of hydrogen-bond donors (Lipinski definition) is 1. The first kappa shape index (κ1) is 11.4. The van der Waals surface area contributed by atoms with E-state index in [0.717, 1.165) is 11.6 Å². The lowest BCUT2D eigenvalue weighted by Gasteiger charge is -2.03. The molecular formula is C11H11FO3. The van der Waals surface area contributed by atoms with Crippen LogP contribution in [0.1, 0.15) is 11.1 Å². The van der Waals surface area contributed by atoms with Crippen molar-refractivity contribution in [2.75, 3.05) is 7.11 Å². The van der Waals surface area contributed by atoms with Gasteiger partial charge in [-0.3, -0.25) is 0 Å². The number of carboxylic acid groups (broad SMARTS) is 1. The van der Waals surface area contributed by atoms with Crippen LogP contribution in [0.5, 0.6) is 0 Å². The molecule has 0 aliphatic carbocycles. The fourth-order valence-electron chi connectivity index (χ4n) is 1.16. The third-order valence-corrected chi connectivity index (χ3v) is 1.84. The summed E-state index contributed by atoms with van der Waals surface area (Å²) in [5.41, 5.74) is 1.26. The highest BCUT2D eigenvalue weighted by Gasteiger charge is 2.06. The van der Waals surface area contributed by atoms with E-state index in [1.165, 1.54) is 7.11 Å². The molecule has 0 saturated heterocycles. The van der Waals surface area contributed by atoms with E-state index in [4.69, 9.17) is 9.84 Å². The number of aliphatic carboxylic acids is 1. The second-order valence-corrected chi connectivity index (χ2v) is 2.93. The predicted molar refractivity (Wildman–Crippen MR) is 53.9 cm³/mol. The maximum absolute atomic E-state index is 12.9. The van der Waals surface area contributed by atoms with E-state index in [9.17, 15) is 9.18 Å². The molecule has 0 aliphatic rings. The first-order valence-corrected chi connectivity index (χ1v) is 4.32. The Morgan fingerprint density at radius 2 is 2.20 bits per heavy atom. The average Bonchev–Trinajstić information content (AvgIpc) is 2.21. The molecule has 0 radical (unpaired) electrons. The number of hydrogen-bond acceptors (Lipinski definition) is 2. The topological polar surface area (TPSA) is 46.5 Å². The highest BCUT2D eigenvalue weighted by molar-refractivity contribution is 5.89. The van der Waals surface area contributed by atoms with E-state index in [-0.39, 0.29) is 0 Å². The first-order chi connectivity index (χ1) is 7.15. The van der Waals surface area contributed by atoms with Crippen molar-refractivity contribution in [3.63, 3.8) is 0 Å². The number of methoxy groups -OCH3 is 1. The Balaban J connectivity index is 3.03. The minimum absolute atomic E-state index is 0.319. The van der Waals surface area contributed by atoms with E-state index in [2.05, 4.69) is 0 Å². The normalized spacial score (nSPS) is 11.5. The zero-order valence-electron chi connectivity index (χ0n) is 8.24. The number of carbonyl (C=O) groups is 1. The Labute approximate surface area is 86.8 Å². The molecule has 80 valence electrons. The molecule has 0 heterocycles. The van der Waals surface area contributed by atoms with Gasteiger partial charge < -0.3 is 9.84 Å². The number of halogens is 1. The summed E-state index contributed by atoms with van der Waals surface area (Å²) in [5, 5.41) is 8.39. The molecule has 1 aromatic rings. The minimum atomic E-state index is -1.57. The monoisotopic (exact) mass is 210 g/mol. The van der Waals surface area contributed by atoms with E-state index in [1.807, 2.05) is 0 Å². The molecule has 1 N–H and O–H groups in total. The first-order valence-electron chi connectivity index (χ1n) is 4.32. The summed E-state index contributed by atoms with van der Waals surface area (Å²) in [4.78, 5) is 10.3. The molecule has 0 fully saturated rings. The molecule has 0 saturated carbocycles. The molecule has 15 heavy (non-hydrogen) atoms. The van der Waals surface area contributed by atoms with Gasteiger partial charge in [-0.15, -0.1) is 0 Å². The maximum Gasteiger partial charge on any atom is 0.364 e. The van der Waals surface area contributed by atoms with Gasteiger partial charge in [-0.2, -0.15) is 4.39 Å². The summed E-state index contributed by atoms with van der Waals surface area (Å²) in [6.07, 6.45) is 0.983. The van der Waals surface area contributed by atoms with Crippen LogP contribution in [0.15, 0.2) is 30.1 Å². The van der Waals surface area contributed by atoms with Crippen LogP contribution in [0.25, 0.3) is 6.08 Å². The number of ether oxygens (including phenoxy) is 1. The lowest BCUT2D eigenvalue weighted by Crippen LogP contribution is -1.96. The van der Waals surface area contributed by atoms with E-state index in [0.29, 0.717) is 12.2 Å². The molecule has 0 atom stereocenters. The van der Waals surface area contributed by atoms with Crippen LogP contribution in [-0.2, 0) is 16.1 Å². The fraction of sp³-hybridized carbons (Fsp3) is 0.182. The maximum atomic E-state index is 12.9. The lowest BCUT2D eigenvalue weighted by atomic mass is 10.1. The highest BCUT2D eigenvalue weighted by atomic mass is 19.1. The zero-order chi connectivity index (χ0) is 11.3. The van der Waals surface area contributed by atoms with Gasteiger partial charge in [0.2, 0.25) is 5.83 Å². The van der Waals surface area contributed by atoms with Gasteiger partial charge in [0.15, 0.2) is 0 Å².